The van der Waals surface area contributed by atoms with E-state index in [4.69, 9.17) is 19.2 Å². The smallest absolute Gasteiger partial charge is 0.407 e. The second kappa shape index (κ2) is 10.8. The first-order valence-electron chi connectivity index (χ1n) is 12.0. The van der Waals surface area contributed by atoms with Crippen molar-refractivity contribution in [3.05, 3.63) is 90.0 Å². The van der Waals surface area contributed by atoms with Gasteiger partial charge in [0.2, 0.25) is 0 Å². The summed E-state index contributed by atoms with van der Waals surface area (Å²) in [6.45, 7) is 6.99. The second-order valence-corrected chi connectivity index (χ2v) is 9.68. The molecule has 1 aliphatic rings. The van der Waals surface area contributed by atoms with Crippen molar-refractivity contribution in [2.24, 2.45) is 0 Å². The summed E-state index contributed by atoms with van der Waals surface area (Å²) in [7, 11) is 0. The fraction of sp³-hybridized carbons (Fsp3) is 0.310. The molecule has 7 heteroatoms. The van der Waals surface area contributed by atoms with E-state index in [1.165, 1.54) is 0 Å². The number of ether oxygens (including phenoxy) is 2. The van der Waals surface area contributed by atoms with Gasteiger partial charge in [-0.3, -0.25) is 0 Å². The first kappa shape index (κ1) is 25.3. The van der Waals surface area contributed by atoms with Crippen molar-refractivity contribution in [2.75, 3.05) is 6.61 Å². The van der Waals surface area contributed by atoms with Crippen molar-refractivity contribution in [1.29, 1.82) is 0 Å². The summed E-state index contributed by atoms with van der Waals surface area (Å²) >= 11 is 0. The molecule has 3 aromatic rings. The van der Waals surface area contributed by atoms with Crippen molar-refractivity contribution in [3.8, 4) is 16.9 Å². The summed E-state index contributed by atoms with van der Waals surface area (Å²) in [5.41, 5.74) is 3.71. The fourth-order valence-electron chi connectivity index (χ4n) is 4.16. The van der Waals surface area contributed by atoms with Crippen LogP contribution in [-0.2, 0) is 19.2 Å². The molecule has 0 fully saturated rings. The number of amides is 1. The molecule has 1 aliphatic carbocycles. The zero-order chi connectivity index (χ0) is 25.7. The summed E-state index contributed by atoms with van der Waals surface area (Å²) in [5, 5.41) is 2.61. The van der Waals surface area contributed by atoms with Crippen LogP contribution in [0, 0.1) is 0 Å². The molecular formula is C29H31NO6. The number of carbonyl (C=O) groups is 2. The molecule has 2 atom stereocenters. The third kappa shape index (κ3) is 6.04. The molecule has 0 heterocycles. The van der Waals surface area contributed by atoms with Gasteiger partial charge in [0.15, 0.2) is 11.8 Å². The highest BCUT2D eigenvalue weighted by atomic mass is 17.2. The van der Waals surface area contributed by atoms with Gasteiger partial charge in [0, 0.05) is 5.92 Å². The molecule has 0 aliphatic heterocycles. The number of para-hydroxylation sites is 1. The highest BCUT2D eigenvalue weighted by Gasteiger charge is 2.35. The molecule has 1 unspecified atom stereocenters. The van der Waals surface area contributed by atoms with Gasteiger partial charge in [-0.1, -0.05) is 66.7 Å². The molecule has 3 aromatic carbocycles. The van der Waals surface area contributed by atoms with Gasteiger partial charge in [-0.25, -0.2) is 9.59 Å². The minimum atomic E-state index is -1.15. The maximum Gasteiger partial charge on any atom is 0.407 e. The van der Waals surface area contributed by atoms with E-state index in [0.717, 1.165) is 22.3 Å². The Morgan fingerprint density at radius 2 is 1.42 bits per heavy atom. The number of carbonyl (C=O) groups excluding carboxylic acids is 2. The van der Waals surface area contributed by atoms with E-state index in [1.54, 1.807) is 52.0 Å². The largest absolute Gasteiger partial charge is 0.458 e. The number of hydrogen-bond donors (Lipinski definition) is 1. The molecule has 0 bridgehead atoms. The Kier molecular flexibility index (Phi) is 7.60. The summed E-state index contributed by atoms with van der Waals surface area (Å²) in [6.07, 6.45) is -1.61. The first-order valence-corrected chi connectivity index (χ1v) is 12.0. The van der Waals surface area contributed by atoms with Gasteiger partial charge in [-0.15, -0.1) is 0 Å². The molecule has 7 nitrogen and oxygen atoms in total. The van der Waals surface area contributed by atoms with Crippen LogP contribution in [0.3, 0.4) is 0 Å². The van der Waals surface area contributed by atoms with Crippen LogP contribution in [0.4, 0.5) is 4.79 Å². The average Bonchev–Trinajstić information content (AvgIpc) is 3.18. The van der Waals surface area contributed by atoms with Gasteiger partial charge >= 0.3 is 12.1 Å². The lowest BCUT2D eigenvalue weighted by atomic mass is 9.98. The maximum atomic E-state index is 12.9. The van der Waals surface area contributed by atoms with Crippen LogP contribution in [0.25, 0.3) is 11.1 Å². The average molecular weight is 490 g/mol. The minimum absolute atomic E-state index is 0.0989. The van der Waals surface area contributed by atoms with Gasteiger partial charge < -0.3 is 19.7 Å². The van der Waals surface area contributed by atoms with Gasteiger partial charge in [0.1, 0.15) is 18.3 Å². The van der Waals surface area contributed by atoms with Gasteiger partial charge in [0.25, 0.3) is 0 Å². The summed E-state index contributed by atoms with van der Waals surface area (Å²) in [5.74, 6) is -0.285. The third-order valence-corrected chi connectivity index (χ3v) is 5.79. The number of fused-ring (bicyclic) bond motifs is 3. The van der Waals surface area contributed by atoms with E-state index in [0.29, 0.717) is 5.75 Å². The van der Waals surface area contributed by atoms with Crippen LogP contribution in [0.5, 0.6) is 5.75 Å². The molecule has 0 spiro atoms. The second-order valence-electron chi connectivity index (χ2n) is 9.68. The number of nitrogens with one attached hydrogen (secondary N) is 1. The summed E-state index contributed by atoms with van der Waals surface area (Å²) in [6, 6.07) is 23.9. The summed E-state index contributed by atoms with van der Waals surface area (Å²) in [4.78, 5) is 36.5. The van der Waals surface area contributed by atoms with Crippen molar-refractivity contribution in [2.45, 2.75) is 51.4 Å². The molecule has 188 valence electrons. The van der Waals surface area contributed by atoms with Crippen molar-refractivity contribution in [3.63, 3.8) is 0 Å². The molecular weight excluding hydrogens is 458 g/mol. The molecule has 0 saturated carbocycles. The first-order chi connectivity index (χ1) is 17.2. The Hall–Kier alpha value is -3.84. The Morgan fingerprint density at radius 3 is 2.00 bits per heavy atom. The Morgan fingerprint density at radius 1 is 0.861 bits per heavy atom. The van der Waals surface area contributed by atoms with E-state index in [2.05, 4.69) is 17.4 Å². The Labute approximate surface area is 211 Å². The molecule has 0 saturated heterocycles. The van der Waals surface area contributed by atoms with Crippen LogP contribution in [0.2, 0.25) is 0 Å². The van der Waals surface area contributed by atoms with Crippen molar-refractivity contribution < 1.29 is 28.8 Å². The monoisotopic (exact) mass is 489 g/mol. The van der Waals surface area contributed by atoms with Gasteiger partial charge in [-0.05, 0) is 62.1 Å². The number of hydrogen-bond acceptors (Lipinski definition) is 6. The zero-order valence-electron chi connectivity index (χ0n) is 20.9. The molecule has 1 N–H and O–H groups in total. The van der Waals surface area contributed by atoms with E-state index < -0.39 is 29.8 Å². The minimum Gasteiger partial charge on any atom is -0.458 e. The number of benzene rings is 3. The summed E-state index contributed by atoms with van der Waals surface area (Å²) < 4.78 is 11.1. The molecule has 36 heavy (non-hydrogen) atoms. The Bertz CT molecular complexity index is 1160. The molecule has 0 aromatic heterocycles. The standard InChI is InChI=1S/C29H31NO6/c1-19(35-36-20-12-6-5-7-13-20)26(27(31)34-29(2,3)4)30-28(32)33-18-25-23-16-10-8-14-21(23)22-15-9-11-17-24(22)25/h5-17,19,25-26H,18H2,1-4H3,(H,30,32)/t19?,26-/m0/s1. The van der Waals surface area contributed by atoms with E-state index in [1.807, 2.05) is 42.5 Å². The SMILES string of the molecule is CC(OOc1ccccc1)[C@H](NC(=O)OCC1c2ccccc2-c2ccccc21)C(=O)OC(C)(C)C. The predicted octanol–water partition coefficient (Wildman–Crippen LogP) is 5.63. The highest BCUT2D eigenvalue weighted by Crippen LogP contribution is 2.44. The van der Waals surface area contributed by atoms with Crippen LogP contribution in [0.1, 0.15) is 44.7 Å². The lowest BCUT2D eigenvalue weighted by Gasteiger charge is -2.27. The van der Waals surface area contributed by atoms with Crippen LogP contribution in [0.15, 0.2) is 78.9 Å². The van der Waals surface area contributed by atoms with Crippen LogP contribution >= 0.6 is 0 Å². The van der Waals surface area contributed by atoms with E-state index in [9.17, 15) is 9.59 Å². The fourth-order valence-corrected chi connectivity index (χ4v) is 4.16. The highest BCUT2D eigenvalue weighted by molar-refractivity contribution is 5.82. The van der Waals surface area contributed by atoms with Crippen molar-refractivity contribution >= 4 is 12.1 Å². The van der Waals surface area contributed by atoms with Crippen molar-refractivity contribution in [1.82, 2.24) is 5.32 Å². The predicted molar refractivity (Wildman–Crippen MR) is 135 cm³/mol. The molecule has 4 rings (SSSR count). The number of esters is 1. The Balaban J connectivity index is 1.43. The third-order valence-electron chi connectivity index (χ3n) is 5.79. The molecule has 0 radical (unpaired) electrons. The number of alkyl carbamates (subject to hydrolysis) is 1. The lowest BCUT2D eigenvalue weighted by molar-refractivity contribution is -0.248. The van der Waals surface area contributed by atoms with Crippen LogP contribution in [-0.4, -0.2) is 36.4 Å². The van der Waals surface area contributed by atoms with Gasteiger partial charge in [-0.2, -0.15) is 4.89 Å². The lowest BCUT2D eigenvalue weighted by Crippen LogP contribution is -2.51. The van der Waals surface area contributed by atoms with E-state index in [-0.39, 0.29) is 12.5 Å². The molecule has 1 amide bonds. The van der Waals surface area contributed by atoms with E-state index >= 15 is 0 Å². The van der Waals surface area contributed by atoms with Crippen LogP contribution < -0.4 is 10.2 Å². The number of rotatable bonds is 8. The zero-order valence-corrected chi connectivity index (χ0v) is 20.9. The quantitative estimate of drug-likeness (QED) is 0.251. The maximum absolute atomic E-state index is 12.9. The normalized spacial score (nSPS) is 14.2. The topological polar surface area (TPSA) is 83.1 Å². The van der Waals surface area contributed by atoms with Gasteiger partial charge in [0.05, 0.1) is 0 Å².